The number of carbonyl (C=O) groups is 1. The molecule has 1 aromatic heterocycles. The molecule has 1 aromatic rings. The van der Waals surface area contributed by atoms with Gasteiger partial charge in [-0.25, -0.2) is 9.48 Å². The summed E-state index contributed by atoms with van der Waals surface area (Å²) in [5, 5.41) is 16.8. The first-order chi connectivity index (χ1) is 7.18. The van der Waals surface area contributed by atoms with E-state index in [1.165, 1.54) is 0 Å². The van der Waals surface area contributed by atoms with Gasteiger partial charge in [-0.2, -0.15) is 0 Å². The van der Waals surface area contributed by atoms with Crippen LogP contribution in [0.25, 0.3) is 0 Å². The van der Waals surface area contributed by atoms with Crippen LogP contribution in [0.2, 0.25) is 0 Å². The van der Waals surface area contributed by atoms with Crippen molar-refractivity contribution in [3.05, 3.63) is 11.4 Å². The molecule has 2 aliphatic carbocycles. The molecule has 0 amide bonds. The van der Waals surface area contributed by atoms with Gasteiger partial charge >= 0.3 is 5.97 Å². The molecule has 0 aliphatic heterocycles. The number of rotatable bonds is 3. The third kappa shape index (κ3) is 1.33. The maximum atomic E-state index is 11.0. The van der Waals surface area contributed by atoms with Crippen molar-refractivity contribution in [1.82, 2.24) is 15.0 Å². The van der Waals surface area contributed by atoms with Crippen LogP contribution in [0.5, 0.6) is 0 Å². The van der Waals surface area contributed by atoms with Crippen molar-refractivity contribution in [1.29, 1.82) is 0 Å². The smallest absolute Gasteiger partial charge is 0.358 e. The van der Waals surface area contributed by atoms with Gasteiger partial charge in [-0.05, 0) is 25.2 Å². The average molecular weight is 207 g/mol. The molecule has 0 bridgehead atoms. The Morgan fingerprint density at radius 2 is 2.20 bits per heavy atom. The molecular weight excluding hydrogens is 194 g/mol. The Morgan fingerprint density at radius 3 is 2.67 bits per heavy atom. The molecule has 1 N–H and O–H groups in total. The lowest BCUT2D eigenvalue weighted by atomic mass is 10.2. The standard InChI is InChI=1S/C10H13N3O2/c1-5-4-7(5)13-9(6-2-3-6)8(10(14)15)11-12-13/h5-7H,2-4H2,1H3,(H,14,15). The van der Waals surface area contributed by atoms with Crippen LogP contribution in [0, 0.1) is 5.92 Å². The van der Waals surface area contributed by atoms with Crippen LogP contribution in [0.1, 0.15) is 54.3 Å². The van der Waals surface area contributed by atoms with Gasteiger partial charge in [-0.15, -0.1) is 5.10 Å². The summed E-state index contributed by atoms with van der Waals surface area (Å²) in [4.78, 5) is 11.0. The number of aromatic carboxylic acids is 1. The van der Waals surface area contributed by atoms with Gasteiger partial charge in [-0.1, -0.05) is 12.1 Å². The largest absolute Gasteiger partial charge is 0.476 e. The van der Waals surface area contributed by atoms with E-state index in [4.69, 9.17) is 5.11 Å². The number of carboxylic acids is 1. The van der Waals surface area contributed by atoms with E-state index in [1.807, 2.05) is 4.68 Å². The first-order valence-corrected chi connectivity index (χ1v) is 5.37. The third-order valence-corrected chi connectivity index (χ3v) is 3.28. The fraction of sp³-hybridized carbons (Fsp3) is 0.700. The Morgan fingerprint density at radius 1 is 1.53 bits per heavy atom. The van der Waals surface area contributed by atoms with Gasteiger partial charge in [0.25, 0.3) is 0 Å². The summed E-state index contributed by atoms with van der Waals surface area (Å²) in [6, 6.07) is 0.390. The summed E-state index contributed by atoms with van der Waals surface area (Å²) in [5.74, 6) is 0.0567. The van der Waals surface area contributed by atoms with E-state index in [0.29, 0.717) is 17.9 Å². The van der Waals surface area contributed by atoms with Crippen molar-refractivity contribution in [3.8, 4) is 0 Å². The topological polar surface area (TPSA) is 68.0 Å². The summed E-state index contributed by atoms with van der Waals surface area (Å²) in [6.45, 7) is 2.16. The molecule has 0 radical (unpaired) electrons. The Hall–Kier alpha value is -1.39. The SMILES string of the molecule is CC1CC1n1nnc(C(=O)O)c1C1CC1. The fourth-order valence-corrected chi connectivity index (χ4v) is 2.08. The van der Waals surface area contributed by atoms with Crippen LogP contribution in [0.3, 0.4) is 0 Å². The van der Waals surface area contributed by atoms with Crippen LogP contribution in [0.4, 0.5) is 0 Å². The van der Waals surface area contributed by atoms with Crippen LogP contribution in [-0.4, -0.2) is 26.1 Å². The average Bonchev–Trinajstić information content (AvgIpc) is 3.08. The van der Waals surface area contributed by atoms with Gasteiger partial charge < -0.3 is 5.11 Å². The van der Waals surface area contributed by atoms with Crippen molar-refractivity contribution in [3.63, 3.8) is 0 Å². The van der Waals surface area contributed by atoms with E-state index < -0.39 is 5.97 Å². The fourth-order valence-electron chi connectivity index (χ4n) is 2.08. The van der Waals surface area contributed by atoms with Gasteiger partial charge in [-0.3, -0.25) is 0 Å². The second kappa shape index (κ2) is 2.81. The van der Waals surface area contributed by atoms with Gasteiger partial charge in [0.05, 0.1) is 11.7 Å². The van der Waals surface area contributed by atoms with Crippen LogP contribution in [-0.2, 0) is 0 Å². The molecule has 80 valence electrons. The third-order valence-electron chi connectivity index (χ3n) is 3.28. The van der Waals surface area contributed by atoms with Gasteiger partial charge in [0.15, 0.2) is 5.69 Å². The number of carboxylic acid groups (broad SMARTS) is 1. The zero-order chi connectivity index (χ0) is 10.6. The molecule has 2 aliphatic rings. The van der Waals surface area contributed by atoms with Crippen LogP contribution < -0.4 is 0 Å². The molecule has 1 heterocycles. The van der Waals surface area contributed by atoms with Crippen molar-refractivity contribution < 1.29 is 9.90 Å². The van der Waals surface area contributed by atoms with Crippen molar-refractivity contribution in [2.24, 2.45) is 5.92 Å². The predicted molar refractivity (Wildman–Crippen MR) is 51.8 cm³/mol. The Bertz CT molecular complexity index is 422. The first-order valence-electron chi connectivity index (χ1n) is 5.37. The normalized spacial score (nSPS) is 29.1. The molecular formula is C10H13N3O2. The van der Waals surface area contributed by atoms with Crippen LogP contribution in [0.15, 0.2) is 0 Å². The zero-order valence-electron chi connectivity index (χ0n) is 8.55. The molecule has 0 spiro atoms. The first kappa shape index (κ1) is 8.88. The van der Waals surface area contributed by atoms with Crippen molar-refractivity contribution >= 4 is 5.97 Å². The number of aromatic nitrogens is 3. The van der Waals surface area contributed by atoms with Crippen LogP contribution >= 0.6 is 0 Å². The molecule has 0 saturated heterocycles. The van der Waals surface area contributed by atoms with E-state index in [0.717, 1.165) is 25.0 Å². The minimum atomic E-state index is -0.948. The maximum Gasteiger partial charge on any atom is 0.358 e. The summed E-state index contributed by atoms with van der Waals surface area (Å²) in [6.07, 6.45) is 3.26. The van der Waals surface area contributed by atoms with E-state index in [1.54, 1.807) is 0 Å². The lowest BCUT2D eigenvalue weighted by Gasteiger charge is -2.03. The van der Waals surface area contributed by atoms with Gasteiger partial charge in [0, 0.05) is 5.92 Å². The Balaban J connectivity index is 2.03. The number of nitrogens with zero attached hydrogens (tertiary/aromatic N) is 3. The predicted octanol–water partition coefficient (Wildman–Crippen LogP) is 1.43. The molecule has 2 saturated carbocycles. The minimum Gasteiger partial charge on any atom is -0.476 e. The summed E-state index contributed by atoms with van der Waals surface area (Å²) in [5.41, 5.74) is 1.02. The molecule has 15 heavy (non-hydrogen) atoms. The zero-order valence-corrected chi connectivity index (χ0v) is 8.55. The molecule has 5 nitrogen and oxygen atoms in total. The van der Waals surface area contributed by atoms with E-state index >= 15 is 0 Å². The number of hydrogen-bond donors (Lipinski definition) is 1. The van der Waals surface area contributed by atoms with E-state index in [-0.39, 0.29) is 5.69 Å². The Labute approximate surface area is 87.1 Å². The highest BCUT2D eigenvalue weighted by Gasteiger charge is 2.42. The van der Waals surface area contributed by atoms with Gasteiger partial charge in [0.1, 0.15) is 0 Å². The van der Waals surface area contributed by atoms with Crippen molar-refractivity contribution in [2.75, 3.05) is 0 Å². The second-order valence-corrected chi connectivity index (χ2v) is 4.63. The lowest BCUT2D eigenvalue weighted by Crippen LogP contribution is -2.06. The van der Waals surface area contributed by atoms with Gasteiger partial charge in [0.2, 0.25) is 0 Å². The summed E-state index contributed by atoms with van der Waals surface area (Å²) in [7, 11) is 0. The monoisotopic (exact) mass is 207 g/mol. The summed E-state index contributed by atoms with van der Waals surface area (Å²) >= 11 is 0. The molecule has 3 rings (SSSR count). The highest BCUT2D eigenvalue weighted by Crippen LogP contribution is 2.48. The van der Waals surface area contributed by atoms with Crippen molar-refractivity contribution in [2.45, 2.75) is 38.1 Å². The minimum absolute atomic E-state index is 0.164. The highest BCUT2D eigenvalue weighted by atomic mass is 16.4. The molecule has 0 aromatic carbocycles. The number of hydrogen-bond acceptors (Lipinski definition) is 3. The highest BCUT2D eigenvalue weighted by molar-refractivity contribution is 5.86. The lowest BCUT2D eigenvalue weighted by molar-refractivity contribution is 0.0689. The Kier molecular flexibility index (Phi) is 1.66. The summed E-state index contributed by atoms with van der Waals surface area (Å²) < 4.78 is 1.85. The molecule has 2 unspecified atom stereocenters. The quantitative estimate of drug-likeness (QED) is 0.814. The molecule has 2 atom stereocenters. The van der Waals surface area contributed by atoms with E-state index in [9.17, 15) is 4.79 Å². The molecule has 2 fully saturated rings. The maximum absolute atomic E-state index is 11.0. The second-order valence-electron chi connectivity index (χ2n) is 4.63. The van der Waals surface area contributed by atoms with E-state index in [2.05, 4.69) is 17.2 Å². The molecule has 5 heteroatoms.